The zero-order valence-corrected chi connectivity index (χ0v) is 21.7. The number of aromatic nitrogens is 5. The minimum Gasteiger partial charge on any atom is -0.315 e. The number of nitrogens with zero attached hydrogens (tertiary/aromatic N) is 6. The summed E-state index contributed by atoms with van der Waals surface area (Å²) in [5, 5.41) is 14.2. The summed E-state index contributed by atoms with van der Waals surface area (Å²) < 4.78 is 1.62. The Bertz CT molecular complexity index is 1590. The van der Waals surface area contributed by atoms with Crippen LogP contribution in [0, 0.1) is 6.92 Å². The maximum atomic E-state index is 14.2. The van der Waals surface area contributed by atoms with E-state index in [0.29, 0.717) is 39.8 Å². The molecule has 37 heavy (non-hydrogen) atoms. The fourth-order valence-corrected chi connectivity index (χ4v) is 5.19. The molecular weight excluding hydrogens is 509 g/mol. The van der Waals surface area contributed by atoms with Crippen LogP contribution >= 0.6 is 24.0 Å². The number of fused-ring (bicyclic) bond motifs is 2. The van der Waals surface area contributed by atoms with E-state index in [9.17, 15) is 4.79 Å². The number of rotatable bonds is 4. The highest BCUT2D eigenvalue weighted by molar-refractivity contribution is 6.35. The number of hydrogen-bond donors (Lipinski definition) is 1. The first kappa shape index (κ1) is 25.1. The van der Waals surface area contributed by atoms with E-state index >= 15 is 0 Å². The van der Waals surface area contributed by atoms with Gasteiger partial charge in [0.25, 0.3) is 5.91 Å². The number of amides is 1. The molecule has 188 valence electrons. The molecule has 1 amide bonds. The number of pyridine rings is 2. The first-order valence-corrected chi connectivity index (χ1v) is 12.3. The van der Waals surface area contributed by atoms with Gasteiger partial charge in [0.1, 0.15) is 11.3 Å². The van der Waals surface area contributed by atoms with Gasteiger partial charge in [0.15, 0.2) is 5.65 Å². The van der Waals surface area contributed by atoms with Crippen molar-refractivity contribution in [3.8, 4) is 5.69 Å². The molecule has 0 unspecified atom stereocenters. The van der Waals surface area contributed by atoms with Crippen molar-refractivity contribution in [2.75, 3.05) is 18.0 Å². The van der Waals surface area contributed by atoms with Crippen molar-refractivity contribution in [3.63, 3.8) is 0 Å². The van der Waals surface area contributed by atoms with E-state index < -0.39 is 0 Å². The van der Waals surface area contributed by atoms with Crippen LogP contribution in [0.2, 0.25) is 5.02 Å². The molecule has 2 aromatic carbocycles. The van der Waals surface area contributed by atoms with Gasteiger partial charge in [0.05, 0.1) is 22.3 Å². The van der Waals surface area contributed by atoms with Crippen molar-refractivity contribution < 1.29 is 4.79 Å². The van der Waals surface area contributed by atoms with Crippen LogP contribution < -0.4 is 10.2 Å². The predicted octanol–water partition coefficient (Wildman–Crippen LogP) is 5.15. The second-order valence-corrected chi connectivity index (χ2v) is 9.40. The van der Waals surface area contributed by atoms with Gasteiger partial charge in [0.2, 0.25) is 0 Å². The lowest BCUT2D eigenvalue weighted by atomic mass is 10.0. The molecule has 1 fully saturated rings. The maximum Gasteiger partial charge on any atom is 0.261 e. The number of hydrogen-bond acceptors (Lipinski definition) is 6. The fraction of sp³-hybridized carbons (Fsp3) is 0.222. The molecule has 10 heteroatoms. The standard InChI is InChI=1S/C27H24ClN7O.ClH/c1-17-5-2-6-18-11-14-31-26(24(17)18)34(20-7-3-12-29-16-20)27(36)21-10-9-19(15-22(21)28)35-25-23(32-33-35)8-4-13-30-25;/h2,4-6,8-11,13-15,20,29H,3,7,12,16H2,1H3;1H/t20-;/m1./s1. The molecule has 3 aromatic heterocycles. The molecule has 0 aliphatic carbocycles. The molecule has 1 saturated heterocycles. The van der Waals surface area contributed by atoms with E-state index in [1.807, 2.05) is 54.3 Å². The van der Waals surface area contributed by atoms with Crippen LogP contribution in [-0.4, -0.2) is 50.0 Å². The van der Waals surface area contributed by atoms with Gasteiger partial charge in [-0.3, -0.25) is 9.69 Å². The highest BCUT2D eigenvalue weighted by Crippen LogP contribution is 2.33. The number of carbonyl (C=O) groups excluding carboxylic acids is 1. The minimum absolute atomic E-state index is 0. The lowest BCUT2D eigenvalue weighted by molar-refractivity contribution is 0.0972. The Kier molecular flexibility index (Phi) is 7.06. The van der Waals surface area contributed by atoms with Crippen LogP contribution in [0.1, 0.15) is 28.8 Å². The zero-order valence-electron chi connectivity index (χ0n) is 20.1. The Hall–Kier alpha value is -3.59. The van der Waals surface area contributed by atoms with Gasteiger partial charge < -0.3 is 5.32 Å². The predicted molar refractivity (Wildman–Crippen MR) is 148 cm³/mol. The molecule has 0 radical (unpaired) electrons. The molecule has 0 bridgehead atoms. The molecule has 0 saturated carbocycles. The van der Waals surface area contributed by atoms with Crippen molar-refractivity contribution >= 4 is 57.7 Å². The van der Waals surface area contributed by atoms with E-state index in [0.717, 1.165) is 35.7 Å². The molecule has 4 heterocycles. The Morgan fingerprint density at radius 1 is 1.11 bits per heavy atom. The van der Waals surface area contributed by atoms with E-state index in [2.05, 4.69) is 20.6 Å². The maximum absolute atomic E-state index is 14.2. The highest BCUT2D eigenvalue weighted by Gasteiger charge is 2.31. The van der Waals surface area contributed by atoms with E-state index in [4.69, 9.17) is 16.6 Å². The summed E-state index contributed by atoms with van der Waals surface area (Å²) in [5.41, 5.74) is 3.47. The molecule has 1 atom stereocenters. The molecule has 0 spiro atoms. The van der Waals surface area contributed by atoms with Gasteiger partial charge in [0, 0.05) is 24.3 Å². The third kappa shape index (κ3) is 4.52. The Morgan fingerprint density at radius 2 is 2.00 bits per heavy atom. The smallest absolute Gasteiger partial charge is 0.261 e. The van der Waals surface area contributed by atoms with Gasteiger partial charge >= 0.3 is 0 Å². The Morgan fingerprint density at radius 3 is 2.81 bits per heavy atom. The van der Waals surface area contributed by atoms with Crippen molar-refractivity contribution in [2.45, 2.75) is 25.8 Å². The van der Waals surface area contributed by atoms with E-state index in [1.165, 1.54) is 0 Å². The first-order valence-electron chi connectivity index (χ1n) is 12.0. The number of halogens is 2. The summed E-state index contributed by atoms with van der Waals surface area (Å²) in [6.45, 7) is 3.69. The van der Waals surface area contributed by atoms with Crippen molar-refractivity contribution in [2.24, 2.45) is 0 Å². The molecule has 1 aliphatic heterocycles. The summed E-state index contributed by atoms with van der Waals surface area (Å²) in [5.74, 6) is 0.487. The van der Waals surface area contributed by atoms with Crippen molar-refractivity contribution in [3.05, 3.63) is 83.1 Å². The van der Waals surface area contributed by atoms with E-state index in [1.54, 1.807) is 29.2 Å². The summed E-state index contributed by atoms with van der Waals surface area (Å²) in [6.07, 6.45) is 5.32. The lowest BCUT2D eigenvalue weighted by Gasteiger charge is -2.35. The van der Waals surface area contributed by atoms with Gasteiger partial charge in [-0.2, -0.15) is 4.68 Å². The van der Waals surface area contributed by atoms with Gasteiger partial charge in [-0.25, -0.2) is 9.97 Å². The van der Waals surface area contributed by atoms with E-state index in [-0.39, 0.29) is 24.4 Å². The lowest BCUT2D eigenvalue weighted by Crippen LogP contribution is -2.49. The van der Waals surface area contributed by atoms with Crippen LogP contribution in [0.5, 0.6) is 0 Å². The third-order valence-electron chi connectivity index (χ3n) is 6.70. The summed E-state index contributed by atoms with van der Waals surface area (Å²) in [7, 11) is 0. The van der Waals surface area contributed by atoms with Crippen molar-refractivity contribution in [1.82, 2.24) is 30.3 Å². The monoisotopic (exact) mass is 533 g/mol. The van der Waals surface area contributed by atoms with Crippen LogP contribution in [-0.2, 0) is 0 Å². The summed E-state index contributed by atoms with van der Waals surface area (Å²) in [6, 6.07) is 17.0. The normalized spacial score (nSPS) is 15.5. The zero-order chi connectivity index (χ0) is 24.6. The number of anilines is 1. The molecule has 8 nitrogen and oxygen atoms in total. The molecule has 6 rings (SSSR count). The number of carbonyl (C=O) groups is 1. The van der Waals surface area contributed by atoms with Crippen LogP contribution in [0.25, 0.3) is 27.6 Å². The minimum atomic E-state index is -0.176. The number of piperidine rings is 1. The van der Waals surface area contributed by atoms with Crippen molar-refractivity contribution in [1.29, 1.82) is 0 Å². The van der Waals surface area contributed by atoms with Crippen LogP contribution in [0.15, 0.2) is 67.0 Å². The molecule has 1 N–H and O–H groups in total. The van der Waals surface area contributed by atoms with Crippen LogP contribution in [0.4, 0.5) is 5.82 Å². The van der Waals surface area contributed by atoms with Crippen LogP contribution in [0.3, 0.4) is 0 Å². The quantitative estimate of drug-likeness (QED) is 0.343. The SMILES string of the molecule is Cc1cccc2ccnc(N(C(=O)c3ccc(-n4nnc5cccnc54)cc3Cl)[C@@H]3CCCNC3)c12.Cl. The fourth-order valence-electron chi connectivity index (χ4n) is 4.94. The molecular formula is C27H25Cl2N7O. The number of nitrogens with one attached hydrogen (secondary N) is 1. The number of benzene rings is 2. The average molecular weight is 534 g/mol. The Labute approximate surface area is 225 Å². The second kappa shape index (κ2) is 10.4. The highest BCUT2D eigenvalue weighted by atomic mass is 35.5. The Balaban J connectivity index is 0.00000280. The topological polar surface area (TPSA) is 88.8 Å². The average Bonchev–Trinajstić information content (AvgIpc) is 3.34. The van der Waals surface area contributed by atoms with Gasteiger partial charge in [-0.1, -0.05) is 35.0 Å². The molecule has 1 aliphatic rings. The number of aryl methyl sites for hydroxylation is 1. The van der Waals surface area contributed by atoms with Gasteiger partial charge in [-0.15, -0.1) is 17.5 Å². The molecule has 5 aromatic rings. The van der Waals surface area contributed by atoms with Gasteiger partial charge in [-0.05, 0) is 73.7 Å². The first-order chi connectivity index (χ1) is 17.6. The largest absolute Gasteiger partial charge is 0.315 e. The second-order valence-electron chi connectivity index (χ2n) is 8.99. The summed E-state index contributed by atoms with van der Waals surface area (Å²) in [4.78, 5) is 25.1. The summed E-state index contributed by atoms with van der Waals surface area (Å²) >= 11 is 6.75. The third-order valence-corrected chi connectivity index (χ3v) is 7.01.